The second kappa shape index (κ2) is 10.6. The summed E-state index contributed by atoms with van der Waals surface area (Å²) >= 11 is 1.29. The van der Waals surface area contributed by atoms with Gasteiger partial charge in [-0.25, -0.2) is 4.98 Å². The molecule has 0 atom stereocenters. The molecule has 1 aromatic carbocycles. The Morgan fingerprint density at radius 3 is 2.43 bits per heavy atom. The second-order valence-electron chi connectivity index (χ2n) is 9.58. The fraction of sp³-hybridized carbons (Fsp3) is 0.480. The van der Waals surface area contributed by atoms with Gasteiger partial charge in [0.15, 0.2) is 10.8 Å². The van der Waals surface area contributed by atoms with Gasteiger partial charge in [-0.15, -0.1) is 0 Å². The van der Waals surface area contributed by atoms with E-state index in [9.17, 15) is 14.4 Å². The minimum atomic E-state index is -0.294. The highest BCUT2D eigenvalue weighted by molar-refractivity contribution is 7.22. The number of piperidine rings is 1. The van der Waals surface area contributed by atoms with Gasteiger partial charge in [0, 0.05) is 30.7 Å². The fourth-order valence-corrected chi connectivity index (χ4v) is 5.15. The van der Waals surface area contributed by atoms with Gasteiger partial charge in [-0.2, -0.15) is 4.98 Å². The highest BCUT2D eigenvalue weighted by Crippen LogP contribution is 2.29. The molecule has 1 aliphatic heterocycles. The Bertz CT molecular complexity index is 1260. The predicted molar refractivity (Wildman–Crippen MR) is 139 cm³/mol. The second-order valence-corrected chi connectivity index (χ2v) is 10.6. The first-order valence-electron chi connectivity index (χ1n) is 12.0. The largest absolute Gasteiger partial charge is 0.354 e. The lowest BCUT2D eigenvalue weighted by Crippen LogP contribution is -2.42. The number of carbonyl (C=O) groups excluding carboxylic acids is 2. The van der Waals surface area contributed by atoms with E-state index in [1.807, 2.05) is 38.1 Å². The number of nitrogens with one attached hydrogen (secondary N) is 2. The first kappa shape index (κ1) is 24.8. The summed E-state index contributed by atoms with van der Waals surface area (Å²) in [6, 6.07) is 7.83. The molecule has 2 aromatic heterocycles. The summed E-state index contributed by atoms with van der Waals surface area (Å²) in [6.07, 6.45) is 2.85. The number of hydrogen-bond donors (Lipinski definition) is 2. The number of anilines is 2. The summed E-state index contributed by atoms with van der Waals surface area (Å²) in [5.74, 6) is 0.217. The van der Waals surface area contributed by atoms with E-state index in [0.29, 0.717) is 35.0 Å². The first-order chi connectivity index (χ1) is 16.7. The maximum absolute atomic E-state index is 13.0. The predicted octanol–water partition coefficient (Wildman–Crippen LogP) is 3.36. The number of thiazole rings is 1. The molecule has 186 valence electrons. The third kappa shape index (κ3) is 5.87. The zero-order valence-electron chi connectivity index (χ0n) is 20.6. The maximum Gasteiger partial charge on any atom is 0.273 e. The molecule has 3 heterocycles. The quantitative estimate of drug-likeness (QED) is 0.519. The van der Waals surface area contributed by atoms with E-state index in [1.165, 1.54) is 27.8 Å². The number of fused-ring (bicyclic) bond motifs is 1. The summed E-state index contributed by atoms with van der Waals surface area (Å²) in [4.78, 5) is 48.8. The molecular weight excluding hydrogens is 464 g/mol. The van der Waals surface area contributed by atoms with Crippen molar-refractivity contribution in [2.75, 3.05) is 23.3 Å². The van der Waals surface area contributed by atoms with Crippen molar-refractivity contribution in [1.29, 1.82) is 0 Å². The summed E-state index contributed by atoms with van der Waals surface area (Å²) in [6.45, 7) is 9.41. The van der Waals surface area contributed by atoms with Gasteiger partial charge >= 0.3 is 0 Å². The minimum absolute atomic E-state index is 0.00142. The molecule has 2 N–H and O–H groups in total. The molecule has 1 aliphatic rings. The van der Waals surface area contributed by atoms with Gasteiger partial charge in [0.25, 0.3) is 5.56 Å². The van der Waals surface area contributed by atoms with Crippen molar-refractivity contribution in [2.24, 2.45) is 5.92 Å². The molecule has 0 radical (unpaired) electrons. The van der Waals surface area contributed by atoms with Crippen molar-refractivity contribution in [3.8, 4) is 0 Å². The molecule has 10 heteroatoms. The molecule has 2 amide bonds. The Morgan fingerprint density at radius 1 is 1.11 bits per heavy atom. The van der Waals surface area contributed by atoms with E-state index in [-0.39, 0.29) is 35.9 Å². The van der Waals surface area contributed by atoms with E-state index in [0.717, 1.165) is 18.0 Å². The van der Waals surface area contributed by atoms with Gasteiger partial charge in [-0.05, 0) is 50.3 Å². The Labute approximate surface area is 208 Å². The molecule has 0 bridgehead atoms. The average molecular weight is 497 g/mol. The van der Waals surface area contributed by atoms with Crippen molar-refractivity contribution >= 4 is 44.3 Å². The Hall–Kier alpha value is -3.27. The smallest absolute Gasteiger partial charge is 0.273 e. The number of amides is 2. The van der Waals surface area contributed by atoms with Gasteiger partial charge < -0.3 is 15.5 Å². The molecular formula is C25H32N6O3S. The van der Waals surface area contributed by atoms with Gasteiger partial charge in [0.05, 0.1) is 0 Å². The standard InChI is InChI=1S/C25H32N6O3S/c1-15(2)17-5-7-19(8-6-17)28-20(32)13-31-14-26-22-21(24(31)34)35-25(29-22)30-11-9-18(10-12-30)23(33)27-16(3)4/h5-8,14-16,18H,9-13H2,1-4H3,(H,27,33)(H,28,32). The topological polar surface area (TPSA) is 109 Å². The van der Waals surface area contributed by atoms with E-state index in [2.05, 4.69) is 39.3 Å². The Kier molecular flexibility index (Phi) is 7.49. The Morgan fingerprint density at radius 2 is 1.80 bits per heavy atom. The van der Waals surface area contributed by atoms with E-state index >= 15 is 0 Å². The molecule has 1 saturated heterocycles. The third-order valence-corrected chi connectivity index (χ3v) is 7.21. The molecule has 1 fully saturated rings. The lowest BCUT2D eigenvalue weighted by Gasteiger charge is -2.31. The van der Waals surface area contributed by atoms with Crippen molar-refractivity contribution in [3.63, 3.8) is 0 Å². The summed E-state index contributed by atoms with van der Waals surface area (Å²) in [5, 5.41) is 6.54. The van der Waals surface area contributed by atoms with Crippen LogP contribution in [0.2, 0.25) is 0 Å². The third-order valence-electron chi connectivity index (χ3n) is 6.11. The van der Waals surface area contributed by atoms with Gasteiger partial charge in [-0.1, -0.05) is 37.3 Å². The molecule has 0 unspecified atom stereocenters. The highest BCUT2D eigenvalue weighted by atomic mass is 32.1. The minimum Gasteiger partial charge on any atom is -0.354 e. The van der Waals surface area contributed by atoms with Crippen molar-refractivity contribution in [1.82, 2.24) is 19.9 Å². The number of aromatic nitrogens is 3. The van der Waals surface area contributed by atoms with Crippen LogP contribution >= 0.6 is 11.3 Å². The van der Waals surface area contributed by atoms with Crippen LogP contribution in [0.15, 0.2) is 35.4 Å². The van der Waals surface area contributed by atoms with Crippen LogP contribution in [0.5, 0.6) is 0 Å². The number of rotatable bonds is 7. The summed E-state index contributed by atoms with van der Waals surface area (Å²) in [7, 11) is 0. The zero-order chi connectivity index (χ0) is 25.1. The summed E-state index contributed by atoms with van der Waals surface area (Å²) in [5.41, 5.74) is 1.98. The molecule has 9 nitrogen and oxygen atoms in total. The molecule has 35 heavy (non-hydrogen) atoms. The lowest BCUT2D eigenvalue weighted by atomic mass is 9.96. The van der Waals surface area contributed by atoms with Crippen molar-refractivity contribution in [3.05, 3.63) is 46.5 Å². The number of hydrogen-bond acceptors (Lipinski definition) is 7. The molecule has 4 rings (SSSR count). The van der Waals surface area contributed by atoms with Crippen molar-refractivity contribution in [2.45, 2.75) is 59.0 Å². The number of benzene rings is 1. The maximum atomic E-state index is 13.0. The van der Waals surface area contributed by atoms with Crippen molar-refractivity contribution < 1.29 is 9.59 Å². The zero-order valence-corrected chi connectivity index (χ0v) is 21.4. The SMILES string of the molecule is CC(C)NC(=O)C1CCN(c2nc3ncn(CC(=O)Nc4ccc(C(C)C)cc4)c(=O)c3s2)CC1. The van der Waals surface area contributed by atoms with Crippen LogP contribution in [-0.2, 0) is 16.1 Å². The van der Waals surface area contributed by atoms with Gasteiger partial charge in [-0.3, -0.25) is 19.0 Å². The van der Waals surface area contributed by atoms with Crippen LogP contribution < -0.4 is 21.1 Å². The van der Waals surface area contributed by atoms with E-state index in [4.69, 9.17) is 0 Å². The monoisotopic (exact) mass is 496 g/mol. The number of carbonyl (C=O) groups is 2. The van der Waals surface area contributed by atoms with Crippen LogP contribution in [0.3, 0.4) is 0 Å². The van der Waals surface area contributed by atoms with Gasteiger partial charge in [0.2, 0.25) is 11.8 Å². The Balaban J connectivity index is 1.41. The van der Waals surface area contributed by atoms with Gasteiger partial charge in [0.1, 0.15) is 17.6 Å². The van der Waals surface area contributed by atoms with Crippen LogP contribution in [0.4, 0.5) is 10.8 Å². The van der Waals surface area contributed by atoms with E-state index < -0.39 is 0 Å². The first-order valence-corrected chi connectivity index (χ1v) is 12.8. The summed E-state index contributed by atoms with van der Waals surface area (Å²) < 4.78 is 1.74. The normalized spacial score (nSPS) is 14.6. The molecule has 0 saturated carbocycles. The van der Waals surface area contributed by atoms with Crippen LogP contribution in [0.25, 0.3) is 10.3 Å². The van der Waals surface area contributed by atoms with Crippen LogP contribution in [0.1, 0.15) is 52.0 Å². The van der Waals surface area contributed by atoms with Crippen LogP contribution in [-0.4, -0.2) is 45.5 Å². The average Bonchev–Trinajstić information content (AvgIpc) is 3.26. The van der Waals surface area contributed by atoms with E-state index in [1.54, 1.807) is 0 Å². The molecule has 3 aromatic rings. The fourth-order valence-electron chi connectivity index (χ4n) is 4.12. The molecule has 0 spiro atoms. The lowest BCUT2D eigenvalue weighted by molar-refractivity contribution is -0.126. The highest BCUT2D eigenvalue weighted by Gasteiger charge is 2.27. The van der Waals surface area contributed by atoms with Crippen LogP contribution in [0, 0.1) is 5.92 Å². The number of nitrogens with zero attached hydrogens (tertiary/aromatic N) is 4. The molecule has 0 aliphatic carbocycles.